The number of aryl methyl sites for hydroxylation is 2. The maximum absolute atomic E-state index is 13.7. The Labute approximate surface area is 148 Å². The van der Waals surface area contributed by atoms with E-state index in [4.69, 9.17) is 4.74 Å². The molecule has 1 amide bonds. The molecule has 0 aliphatic heterocycles. The molecule has 25 heavy (non-hydrogen) atoms. The molecule has 0 saturated carbocycles. The smallest absolute Gasteiger partial charge is 0.348 e. The highest BCUT2D eigenvalue weighted by Gasteiger charge is 2.16. The van der Waals surface area contributed by atoms with Gasteiger partial charge in [0.05, 0.1) is 0 Å². The molecule has 1 N–H and O–H groups in total. The van der Waals surface area contributed by atoms with Crippen LogP contribution >= 0.6 is 11.3 Å². The maximum Gasteiger partial charge on any atom is 0.348 e. The molecule has 0 radical (unpaired) electrons. The Morgan fingerprint density at radius 1 is 1.12 bits per heavy atom. The summed E-state index contributed by atoms with van der Waals surface area (Å²) >= 11 is 1.13. The number of halogens is 1. The van der Waals surface area contributed by atoms with Crippen LogP contribution in [-0.2, 0) is 9.53 Å². The first kappa shape index (κ1) is 17.1. The number of amides is 1. The molecule has 4 nitrogen and oxygen atoms in total. The van der Waals surface area contributed by atoms with E-state index in [1.54, 1.807) is 12.1 Å². The highest BCUT2D eigenvalue weighted by molar-refractivity contribution is 7.20. The van der Waals surface area contributed by atoms with E-state index in [0.717, 1.165) is 22.5 Å². The summed E-state index contributed by atoms with van der Waals surface area (Å²) in [4.78, 5) is 24.4. The summed E-state index contributed by atoms with van der Waals surface area (Å²) in [6.07, 6.45) is 0. The lowest BCUT2D eigenvalue weighted by Crippen LogP contribution is -2.21. The number of thiophene rings is 1. The van der Waals surface area contributed by atoms with Crippen molar-refractivity contribution in [3.05, 3.63) is 64.3 Å². The van der Waals surface area contributed by atoms with Crippen molar-refractivity contribution in [2.24, 2.45) is 0 Å². The largest absolute Gasteiger partial charge is 0.451 e. The van der Waals surface area contributed by atoms with Gasteiger partial charge in [-0.05, 0) is 43.2 Å². The summed E-state index contributed by atoms with van der Waals surface area (Å²) < 4.78 is 19.4. The van der Waals surface area contributed by atoms with E-state index in [-0.39, 0.29) is 10.7 Å². The molecular weight excluding hydrogens is 341 g/mol. The summed E-state index contributed by atoms with van der Waals surface area (Å²) in [6, 6.07) is 11.8. The lowest BCUT2D eigenvalue weighted by molar-refractivity contribution is -0.119. The molecular formula is C19H16FNO3S. The van der Waals surface area contributed by atoms with E-state index in [1.165, 1.54) is 12.1 Å². The van der Waals surface area contributed by atoms with Crippen LogP contribution in [0.15, 0.2) is 42.5 Å². The number of para-hydroxylation sites is 1. The van der Waals surface area contributed by atoms with Gasteiger partial charge in [-0.25, -0.2) is 9.18 Å². The fourth-order valence-corrected chi connectivity index (χ4v) is 3.48. The third kappa shape index (κ3) is 3.69. The highest BCUT2D eigenvalue weighted by atomic mass is 32.1. The number of benzene rings is 2. The molecule has 0 fully saturated rings. The van der Waals surface area contributed by atoms with Gasteiger partial charge in [0, 0.05) is 15.8 Å². The van der Waals surface area contributed by atoms with Gasteiger partial charge < -0.3 is 10.1 Å². The van der Waals surface area contributed by atoms with Crippen molar-refractivity contribution in [2.45, 2.75) is 13.8 Å². The third-order valence-electron chi connectivity index (χ3n) is 3.79. The average molecular weight is 357 g/mol. The zero-order chi connectivity index (χ0) is 18.0. The minimum absolute atomic E-state index is 0.264. The molecule has 3 rings (SSSR count). The molecule has 1 aromatic heterocycles. The number of nitrogens with one attached hydrogen (secondary N) is 1. The predicted octanol–water partition coefficient (Wildman–Crippen LogP) is 4.45. The van der Waals surface area contributed by atoms with Gasteiger partial charge in [-0.2, -0.15) is 0 Å². The number of esters is 1. The van der Waals surface area contributed by atoms with Gasteiger partial charge in [-0.1, -0.05) is 24.3 Å². The van der Waals surface area contributed by atoms with Gasteiger partial charge >= 0.3 is 5.97 Å². The summed E-state index contributed by atoms with van der Waals surface area (Å²) in [5, 5.41) is 3.12. The molecule has 3 aromatic rings. The average Bonchev–Trinajstić information content (AvgIpc) is 3.02. The molecule has 0 aliphatic rings. The Bertz CT molecular complexity index is 944. The van der Waals surface area contributed by atoms with Crippen molar-refractivity contribution in [3.63, 3.8) is 0 Å². The van der Waals surface area contributed by atoms with Gasteiger partial charge in [0.15, 0.2) is 6.61 Å². The maximum atomic E-state index is 13.7. The number of anilines is 1. The second-order valence-corrected chi connectivity index (χ2v) is 6.74. The van der Waals surface area contributed by atoms with Crippen molar-refractivity contribution in [1.29, 1.82) is 0 Å². The van der Waals surface area contributed by atoms with Crippen LogP contribution in [0.1, 0.15) is 20.8 Å². The Balaban J connectivity index is 1.65. The minimum Gasteiger partial charge on any atom is -0.451 e. The monoisotopic (exact) mass is 357 g/mol. The predicted molar refractivity (Wildman–Crippen MR) is 96.6 cm³/mol. The number of fused-ring (bicyclic) bond motifs is 1. The van der Waals surface area contributed by atoms with Gasteiger partial charge in [0.2, 0.25) is 0 Å². The number of hydrogen-bond acceptors (Lipinski definition) is 4. The molecule has 6 heteroatoms. The normalized spacial score (nSPS) is 10.7. The van der Waals surface area contributed by atoms with E-state index in [9.17, 15) is 14.0 Å². The SMILES string of the molecule is Cc1cccc(C)c1NC(=O)COC(=O)c1cc2c(F)cccc2s1. The lowest BCUT2D eigenvalue weighted by atomic mass is 10.1. The lowest BCUT2D eigenvalue weighted by Gasteiger charge is -2.11. The number of ether oxygens (including phenoxy) is 1. The first-order chi connectivity index (χ1) is 12.0. The number of carbonyl (C=O) groups excluding carboxylic acids is 2. The summed E-state index contributed by atoms with van der Waals surface area (Å²) in [7, 11) is 0. The second kappa shape index (κ2) is 7.03. The molecule has 1 heterocycles. The van der Waals surface area contributed by atoms with Crippen molar-refractivity contribution < 1.29 is 18.7 Å². The second-order valence-electron chi connectivity index (χ2n) is 5.65. The van der Waals surface area contributed by atoms with Crippen molar-refractivity contribution in [3.8, 4) is 0 Å². The van der Waals surface area contributed by atoms with Crippen LogP contribution in [0.25, 0.3) is 10.1 Å². The molecule has 2 aromatic carbocycles. The Kier molecular flexibility index (Phi) is 4.81. The van der Waals surface area contributed by atoms with Crippen molar-refractivity contribution in [2.75, 3.05) is 11.9 Å². The summed E-state index contributed by atoms with van der Waals surface area (Å²) in [5.74, 6) is -1.45. The number of carbonyl (C=O) groups is 2. The van der Waals surface area contributed by atoms with E-state index in [0.29, 0.717) is 15.8 Å². The van der Waals surface area contributed by atoms with E-state index < -0.39 is 18.5 Å². The first-order valence-electron chi connectivity index (χ1n) is 7.67. The van der Waals surface area contributed by atoms with Crippen LogP contribution in [0, 0.1) is 19.7 Å². The van der Waals surface area contributed by atoms with E-state index in [1.807, 2.05) is 32.0 Å². The van der Waals surface area contributed by atoms with Crippen LogP contribution in [-0.4, -0.2) is 18.5 Å². The van der Waals surface area contributed by atoms with Gasteiger partial charge in [0.1, 0.15) is 10.7 Å². The fraction of sp³-hybridized carbons (Fsp3) is 0.158. The Morgan fingerprint density at radius 3 is 2.48 bits per heavy atom. The van der Waals surface area contributed by atoms with Crippen LogP contribution in [0.5, 0.6) is 0 Å². The fourth-order valence-electron chi connectivity index (χ4n) is 2.52. The zero-order valence-electron chi connectivity index (χ0n) is 13.8. The number of hydrogen-bond donors (Lipinski definition) is 1. The molecule has 0 unspecified atom stereocenters. The van der Waals surface area contributed by atoms with E-state index in [2.05, 4.69) is 5.32 Å². The highest BCUT2D eigenvalue weighted by Crippen LogP contribution is 2.28. The van der Waals surface area contributed by atoms with Gasteiger partial charge in [-0.15, -0.1) is 11.3 Å². The van der Waals surface area contributed by atoms with Crippen LogP contribution in [0.4, 0.5) is 10.1 Å². The van der Waals surface area contributed by atoms with Crippen LogP contribution in [0.3, 0.4) is 0 Å². The van der Waals surface area contributed by atoms with Crippen LogP contribution < -0.4 is 5.32 Å². The zero-order valence-corrected chi connectivity index (χ0v) is 14.6. The van der Waals surface area contributed by atoms with Gasteiger partial charge in [-0.3, -0.25) is 4.79 Å². The molecule has 0 aliphatic carbocycles. The summed E-state index contributed by atoms with van der Waals surface area (Å²) in [6.45, 7) is 3.38. The van der Waals surface area contributed by atoms with E-state index >= 15 is 0 Å². The first-order valence-corrected chi connectivity index (χ1v) is 8.48. The summed E-state index contributed by atoms with van der Waals surface area (Å²) in [5.41, 5.74) is 2.58. The molecule has 128 valence electrons. The molecule has 0 atom stereocenters. The van der Waals surface area contributed by atoms with Crippen molar-refractivity contribution in [1.82, 2.24) is 0 Å². The molecule has 0 bridgehead atoms. The topological polar surface area (TPSA) is 55.4 Å². The quantitative estimate of drug-likeness (QED) is 0.702. The minimum atomic E-state index is -0.641. The Morgan fingerprint density at radius 2 is 1.80 bits per heavy atom. The van der Waals surface area contributed by atoms with Gasteiger partial charge in [0.25, 0.3) is 5.91 Å². The standard InChI is InChI=1S/C19H16FNO3S/c1-11-5-3-6-12(2)18(11)21-17(22)10-24-19(23)16-9-13-14(20)7-4-8-15(13)25-16/h3-9H,10H2,1-2H3,(H,21,22). The van der Waals surface area contributed by atoms with Crippen molar-refractivity contribution >= 4 is 39.0 Å². The molecule has 0 saturated heterocycles. The Hall–Kier alpha value is -2.73. The third-order valence-corrected chi connectivity index (χ3v) is 4.87. The number of rotatable bonds is 4. The molecule has 0 spiro atoms. The van der Waals surface area contributed by atoms with Crippen LogP contribution in [0.2, 0.25) is 0 Å².